The maximum absolute atomic E-state index is 13.0. The smallest absolute Gasteiger partial charge is 0.413 e. The molecule has 2 atom stereocenters. The van der Waals surface area contributed by atoms with Crippen LogP contribution in [0.25, 0.3) is 22.5 Å². The molecule has 11 rings (SSSR count). The number of hydrogen-bond donors (Lipinski definition) is 4. The van der Waals surface area contributed by atoms with Crippen LogP contribution < -0.4 is 34.9 Å². The number of rotatable bonds is 14. The molecule has 2 saturated carbocycles. The quantitative estimate of drug-likeness (QED) is 0.0765. The van der Waals surface area contributed by atoms with E-state index in [2.05, 4.69) is 20.9 Å². The maximum Gasteiger partial charge on any atom is 0.413 e. The molecular formula is C57H67ClN6O11. The molecule has 2 aliphatic carbocycles. The van der Waals surface area contributed by atoms with E-state index in [1.54, 1.807) is 24.1 Å². The number of pyridine rings is 2. The molecule has 17 nitrogen and oxygen atoms in total. The van der Waals surface area contributed by atoms with Crippen molar-refractivity contribution in [3.63, 3.8) is 0 Å². The number of phenolic OH excluding ortho intramolecular Hbond substituents is 1. The van der Waals surface area contributed by atoms with Gasteiger partial charge in [0, 0.05) is 36.7 Å². The first-order chi connectivity index (χ1) is 35.8. The van der Waals surface area contributed by atoms with Crippen molar-refractivity contribution in [1.82, 2.24) is 20.2 Å². The average Bonchev–Trinajstić information content (AvgIpc) is 4.36. The van der Waals surface area contributed by atoms with Crippen LogP contribution in [0.5, 0.6) is 28.7 Å². The number of amides is 3. The minimum atomic E-state index is -0.586. The molecule has 18 heteroatoms. The van der Waals surface area contributed by atoms with Crippen molar-refractivity contribution in [2.75, 3.05) is 57.1 Å². The second-order valence-corrected chi connectivity index (χ2v) is 21.0. The van der Waals surface area contributed by atoms with Gasteiger partial charge in [-0.3, -0.25) is 10.6 Å². The van der Waals surface area contributed by atoms with Gasteiger partial charge >= 0.3 is 18.3 Å². The molecule has 3 amide bonds. The molecule has 0 bridgehead atoms. The van der Waals surface area contributed by atoms with Crippen LogP contribution in [-0.2, 0) is 34.0 Å². The maximum atomic E-state index is 13.0. The zero-order valence-corrected chi connectivity index (χ0v) is 43.9. The fourth-order valence-corrected chi connectivity index (χ4v) is 9.83. The van der Waals surface area contributed by atoms with Crippen LogP contribution in [0, 0.1) is 11.8 Å². The summed E-state index contributed by atoms with van der Waals surface area (Å²) in [7, 11) is 1.64. The molecule has 398 valence electrons. The van der Waals surface area contributed by atoms with Gasteiger partial charge in [-0.25, -0.2) is 24.4 Å². The van der Waals surface area contributed by atoms with Crippen molar-refractivity contribution in [2.24, 2.45) is 11.8 Å². The standard InChI is InChI=1S/C35H41N3O7.C22H25N3O4.ClH/c1-35(2,3)45-34(40)38-16-6-7-24(18-38)26-17-28(36-32-27(26)21-44-33(39)37-32)31-29(42-19-22-10-11-22)8-5-9-30(31)43-20-23-12-14-25(41-4)15-13-23;26-18-4-1-5-19(28-11-13-6-7-13)20(18)17-9-15(14-3-2-8-23-10-14)16-12-29-22(27)25-21(16)24-17;/h5,8-9,12-15,17,22,24H,6-7,10-11,16,18-21H2,1-4H3,(H,36,37,39);1,4-5,9,13-14,23,26H,2-3,6-8,10-12H2,(H,24,25,27);1H. The number of likely N-dealkylation sites (tertiary alicyclic amines) is 1. The van der Waals surface area contributed by atoms with E-state index in [0.717, 1.165) is 90.7 Å². The van der Waals surface area contributed by atoms with Gasteiger partial charge in [-0.1, -0.05) is 24.3 Å². The summed E-state index contributed by atoms with van der Waals surface area (Å²) in [5.74, 6) is 5.21. The van der Waals surface area contributed by atoms with Crippen LogP contribution >= 0.6 is 12.4 Å². The molecule has 6 aliphatic rings. The van der Waals surface area contributed by atoms with Gasteiger partial charge in [-0.15, -0.1) is 12.4 Å². The number of halogens is 1. The highest BCUT2D eigenvalue weighted by Gasteiger charge is 2.34. The number of ether oxygens (including phenoxy) is 7. The molecule has 4 fully saturated rings. The van der Waals surface area contributed by atoms with Gasteiger partial charge in [0.15, 0.2) is 0 Å². The van der Waals surface area contributed by atoms with E-state index in [9.17, 15) is 19.5 Å². The lowest BCUT2D eigenvalue weighted by atomic mass is 9.87. The Morgan fingerprint density at radius 2 is 1.29 bits per heavy atom. The molecule has 2 aromatic heterocycles. The number of nitrogens with one attached hydrogen (secondary N) is 3. The number of carbonyl (C=O) groups excluding carboxylic acids is 3. The molecule has 5 aromatic rings. The Hall–Kier alpha value is -6.98. The minimum absolute atomic E-state index is 0. The summed E-state index contributed by atoms with van der Waals surface area (Å²) < 4.78 is 40.4. The molecule has 6 heterocycles. The van der Waals surface area contributed by atoms with E-state index in [-0.39, 0.29) is 43.4 Å². The van der Waals surface area contributed by atoms with E-state index < -0.39 is 17.8 Å². The van der Waals surface area contributed by atoms with Gasteiger partial charge in [0.05, 0.1) is 42.8 Å². The number of aromatic nitrogens is 2. The zero-order chi connectivity index (χ0) is 51.3. The number of cyclic esters (lactones) is 2. The highest BCUT2D eigenvalue weighted by molar-refractivity contribution is 5.89. The number of fused-ring (bicyclic) bond motifs is 2. The largest absolute Gasteiger partial charge is 0.507 e. The van der Waals surface area contributed by atoms with Crippen molar-refractivity contribution in [1.29, 1.82) is 0 Å². The number of hydrogen-bond acceptors (Lipinski definition) is 14. The van der Waals surface area contributed by atoms with Crippen molar-refractivity contribution in [3.05, 3.63) is 101 Å². The lowest BCUT2D eigenvalue weighted by molar-refractivity contribution is 0.0197. The zero-order valence-electron chi connectivity index (χ0n) is 43.0. The Bertz CT molecular complexity index is 2860. The number of anilines is 2. The molecule has 4 aliphatic heterocycles. The van der Waals surface area contributed by atoms with Gasteiger partial charge in [0.1, 0.15) is 65.8 Å². The Morgan fingerprint density at radius 1 is 0.733 bits per heavy atom. The second kappa shape index (κ2) is 23.3. The lowest BCUT2D eigenvalue weighted by Gasteiger charge is -2.35. The summed E-state index contributed by atoms with van der Waals surface area (Å²) >= 11 is 0. The first kappa shape index (κ1) is 52.9. The van der Waals surface area contributed by atoms with Gasteiger partial charge in [0.25, 0.3) is 0 Å². The Labute approximate surface area is 443 Å². The van der Waals surface area contributed by atoms with Crippen LogP contribution in [0.2, 0.25) is 0 Å². The third-order valence-electron chi connectivity index (χ3n) is 14.1. The predicted molar refractivity (Wildman–Crippen MR) is 284 cm³/mol. The molecule has 3 aromatic carbocycles. The SMILES string of the molecule is COc1ccc(COc2cccc(OCC3CC3)c2-c2cc(C3CCCN(C(=O)OC(C)(C)C)C3)c3c(n2)NC(=O)OC3)cc1.Cl.O=C1Nc2nc(-c3c(O)cccc3OCC3CC3)cc(C3CCCNC3)c2CO1. The molecule has 0 radical (unpaired) electrons. The third kappa shape index (κ3) is 13.1. The van der Waals surface area contributed by atoms with Crippen LogP contribution in [0.4, 0.5) is 26.0 Å². The summed E-state index contributed by atoms with van der Waals surface area (Å²) in [5, 5.41) is 19.6. The topological polar surface area (TPSA) is 201 Å². The van der Waals surface area contributed by atoms with Crippen LogP contribution in [0.15, 0.2) is 72.8 Å². The van der Waals surface area contributed by atoms with E-state index in [4.69, 9.17) is 38.1 Å². The molecule has 4 N–H and O–H groups in total. The molecule has 75 heavy (non-hydrogen) atoms. The molecule has 0 spiro atoms. The first-order valence-corrected chi connectivity index (χ1v) is 26.0. The van der Waals surface area contributed by atoms with E-state index in [0.29, 0.717) is 96.5 Å². The first-order valence-electron chi connectivity index (χ1n) is 26.0. The van der Waals surface area contributed by atoms with Crippen LogP contribution in [0.3, 0.4) is 0 Å². The van der Waals surface area contributed by atoms with E-state index in [1.807, 2.05) is 81.4 Å². The van der Waals surface area contributed by atoms with Gasteiger partial charge in [0.2, 0.25) is 0 Å². The van der Waals surface area contributed by atoms with Crippen molar-refractivity contribution >= 4 is 42.3 Å². The number of methoxy groups -OCH3 is 1. The fraction of sp³-hybridized carbons (Fsp3) is 0.456. The monoisotopic (exact) mass is 1050 g/mol. The molecule has 2 unspecified atom stereocenters. The average molecular weight is 1050 g/mol. The summed E-state index contributed by atoms with van der Waals surface area (Å²) in [6, 6.07) is 22.9. The number of carbonyl (C=O) groups is 3. The van der Waals surface area contributed by atoms with E-state index >= 15 is 0 Å². The van der Waals surface area contributed by atoms with E-state index in [1.165, 1.54) is 12.8 Å². The predicted octanol–water partition coefficient (Wildman–Crippen LogP) is 11.5. The van der Waals surface area contributed by atoms with Crippen LogP contribution in [-0.4, -0.2) is 90.4 Å². The number of phenols is 1. The van der Waals surface area contributed by atoms with Crippen molar-refractivity contribution < 1.29 is 52.6 Å². The van der Waals surface area contributed by atoms with Gasteiger partial charge in [-0.05, 0) is 162 Å². The number of nitrogens with zero attached hydrogens (tertiary/aromatic N) is 3. The second-order valence-electron chi connectivity index (χ2n) is 21.0. The third-order valence-corrected chi connectivity index (χ3v) is 14.1. The minimum Gasteiger partial charge on any atom is -0.507 e. The number of aromatic hydroxyl groups is 1. The molecular weight excluding hydrogens is 980 g/mol. The molecule has 2 saturated heterocycles. The Morgan fingerprint density at radius 3 is 1.87 bits per heavy atom. The Balaban J connectivity index is 0.000000198. The summed E-state index contributed by atoms with van der Waals surface area (Å²) in [6.07, 6.45) is 7.16. The summed E-state index contributed by atoms with van der Waals surface area (Å²) in [6.45, 7) is 10.5. The summed E-state index contributed by atoms with van der Waals surface area (Å²) in [4.78, 5) is 48.6. The Kier molecular flexibility index (Phi) is 16.4. The lowest BCUT2D eigenvalue weighted by Crippen LogP contribution is -2.42. The van der Waals surface area contributed by atoms with Crippen molar-refractivity contribution in [2.45, 2.75) is 109 Å². The van der Waals surface area contributed by atoms with Crippen molar-refractivity contribution in [3.8, 4) is 51.3 Å². The van der Waals surface area contributed by atoms with Gasteiger partial charge < -0.3 is 48.5 Å². The van der Waals surface area contributed by atoms with Gasteiger partial charge in [-0.2, -0.15) is 0 Å². The normalized spacial score (nSPS) is 18.9. The number of benzene rings is 3. The number of piperidine rings is 2. The van der Waals surface area contributed by atoms with Crippen LogP contribution in [0.1, 0.15) is 112 Å². The fourth-order valence-electron chi connectivity index (χ4n) is 9.83. The highest BCUT2D eigenvalue weighted by Crippen LogP contribution is 2.45. The summed E-state index contributed by atoms with van der Waals surface area (Å²) in [5.41, 5.74) is 6.72. The highest BCUT2D eigenvalue weighted by atomic mass is 35.5.